The molecule has 2 N–H and O–H groups in total. The number of ether oxygens (including phenoxy) is 2. The van der Waals surface area contributed by atoms with Gasteiger partial charge in [-0.15, -0.1) is 0 Å². The van der Waals surface area contributed by atoms with Crippen LogP contribution in [0.4, 0.5) is 0 Å². The summed E-state index contributed by atoms with van der Waals surface area (Å²) in [7, 11) is 1.30. The number of rotatable bonds is 7. The van der Waals surface area contributed by atoms with Crippen LogP contribution in [0.3, 0.4) is 0 Å². The molecule has 0 saturated heterocycles. The van der Waals surface area contributed by atoms with Gasteiger partial charge >= 0.3 is 5.97 Å². The Kier molecular flexibility index (Phi) is 6.94. The fourth-order valence-corrected chi connectivity index (χ4v) is 1.71. The number of nitrogens with one attached hydrogen (secondary N) is 1. The molecule has 0 aliphatic heterocycles. The van der Waals surface area contributed by atoms with Crippen molar-refractivity contribution in [3.8, 4) is 5.75 Å². The summed E-state index contributed by atoms with van der Waals surface area (Å²) in [4.78, 5) is 10.8. The van der Waals surface area contributed by atoms with Gasteiger partial charge in [0.2, 0.25) is 0 Å². The molecule has 1 rings (SSSR count). The fraction of sp³-hybridized carbons (Fsp3) is 0.417. The van der Waals surface area contributed by atoms with Gasteiger partial charge in [0.1, 0.15) is 18.5 Å². The van der Waals surface area contributed by atoms with E-state index in [0.29, 0.717) is 15.8 Å². The highest BCUT2D eigenvalue weighted by atomic mass is 35.5. The molecule has 0 saturated carbocycles. The minimum atomic E-state index is -0.767. The Hall–Kier alpha value is -1.01. The van der Waals surface area contributed by atoms with E-state index in [1.165, 1.54) is 7.11 Å². The van der Waals surface area contributed by atoms with Gasteiger partial charge in [-0.2, -0.15) is 0 Å². The summed E-state index contributed by atoms with van der Waals surface area (Å²) in [6, 6.07) is 4.82. The number of methoxy groups -OCH3 is 1. The third-order valence-electron chi connectivity index (χ3n) is 2.20. The Balaban J connectivity index is 2.29. The summed E-state index contributed by atoms with van der Waals surface area (Å²) in [5.41, 5.74) is 0. The normalized spacial score (nSPS) is 12.0. The summed E-state index contributed by atoms with van der Waals surface area (Å²) in [6.45, 7) is 0.297. The average Bonchev–Trinajstić information content (AvgIpc) is 2.37. The number of aliphatic hydroxyl groups excluding tert-OH is 1. The molecule has 106 valence electrons. The summed E-state index contributed by atoms with van der Waals surface area (Å²) in [5, 5.41) is 13.3. The van der Waals surface area contributed by atoms with E-state index in [-0.39, 0.29) is 19.7 Å². The van der Waals surface area contributed by atoms with Crippen LogP contribution < -0.4 is 10.1 Å². The van der Waals surface area contributed by atoms with Gasteiger partial charge in [0.25, 0.3) is 0 Å². The standard InChI is InChI=1S/C12H15Cl2NO4/c1-18-12(17)6-15-5-9(16)7-19-11-3-2-8(13)4-10(11)14/h2-4,9,15-16H,5-7H2,1H3. The molecule has 0 bridgehead atoms. The number of hydrogen-bond donors (Lipinski definition) is 2. The summed E-state index contributed by atoms with van der Waals surface area (Å²) in [5.74, 6) is 0.0481. The smallest absolute Gasteiger partial charge is 0.319 e. The second-order valence-corrected chi connectivity index (χ2v) is 4.59. The number of hydrogen-bond acceptors (Lipinski definition) is 5. The summed E-state index contributed by atoms with van der Waals surface area (Å²) in [6.07, 6.45) is -0.767. The van der Waals surface area contributed by atoms with Gasteiger partial charge in [0.05, 0.1) is 18.7 Å². The molecule has 0 aliphatic rings. The van der Waals surface area contributed by atoms with Crippen molar-refractivity contribution < 1.29 is 19.4 Å². The quantitative estimate of drug-likeness (QED) is 0.747. The molecule has 0 amide bonds. The topological polar surface area (TPSA) is 67.8 Å². The molecule has 1 aromatic carbocycles. The number of carbonyl (C=O) groups excluding carboxylic acids is 1. The highest BCUT2D eigenvalue weighted by molar-refractivity contribution is 6.35. The maximum atomic E-state index is 10.8. The Morgan fingerprint density at radius 1 is 1.47 bits per heavy atom. The minimum Gasteiger partial charge on any atom is -0.489 e. The Morgan fingerprint density at radius 2 is 2.21 bits per heavy atom. The number of halogens is 2. The number of aliphatic hydroxyl groups is 1. The number of carbonyl (C=O) groups is 1. The monoisotopic (exact) mass is 307 g/mol. The predicted octanol–water partition coefficient (Wildman–Crippen LogP) is 1.50. The predicted molar refractivity (Wildman–Crippen MR) is 72.8 cm³/mol. The molecule has 19 heavy (non-hydrogen) atoms. The second-order valence-electron chi connectivity index (χ2n) is 3.75. The Labute approximate surface area is 121 Å². The number of esters is 1. The SMILES string of the molecule is COC(=O)CNCC(O)COc1ccc(Cl)cc1Cl. The van der Waals surface area contributed by atoms with Crippen molar-refractivity contribution in [2.45, 2.75) is 6.10 Å². The molecule has 1 unspecified atom stereocenters. The van der Waals surface area contributed by atoms with Crippen molar-refractivity contribution >= 4 is 29.2 Å². The van der Waals surface area contributed by atoms with E-state index in [4.69, 9.17) is 27.9 Å². The van der Waals surface area contributed by atoms with Crippen molar-refractivity contribution in [2.24, 2.45) is 0 Å². The first-order valence-corrected chi connectivity index (χ1v) is 6.32. The molecule has 1 atom stereocenters. The van der Waals surface area contributed by atoms with E-state index in [1.807, 2.05) is 0 Å². The van der Waals surface area contributed by atoms with E-state index >= 15 is 0 Å². The molecule has 7 heteroatoms. The minimum absolute atomic E-state index is 0.0370. The maximum Gasteiger partial charge on any atom is 0.319 e. The molecule has 0 aromatic heterocycles. The van der Waals surface area contributed by atoms with Crippen molar-refractivity contribution in [3.63, 3.8) is 0 Å². The van der Waals surface area contributed by atoms with Gasteiger partial charge < -0.3 is 19.9 Å². The van der Waals surface area contributed by atoms with Crippen LogP contribution in [0.2, 0.25) is 10.0 Å². The van der Waals surface area contributed by atoms with E-state index in [1.54, 1.807) is 18.2 Å². The van der Waals surface area contributed by atoms with Crippen LogP contribution in [0.5, 0.6) is 5.75 Å². The lowest BCUT2D eigenvalue weighted by Gasteiger charge is -2.13. The van der Waals surface area contributed by atoms with E-state index < -0.39 is 12.1 Å². The third kappa shape index (κ3) is 6.11. The molecule has 0 aliphatic carbocycles. The summed E-state index contributed by atoms with van der Waals surface area (Å²) < 4.78 is 9.78. The molecular weight excluding hydrogens is 293 g/mol. The molecule has 5 nitrogen and oxygen atoms in total. The van der Waals surface area contributed by atoms with Crippen LogP contribution in [-0.4, -0.2) is 44.0 Å². The van der Waals surface area contributed by atoms with Gasteiger partial charge in [-0.25, -0.2) is 0 Å². The first-order valence-electron chi connectivity index (χ1n) is 5.56. The van der Waals surface area contributed by atoms with Gasteiger partial charge in [-0.05, 0) is 18.2 Å². The molecule has 0 radical (unpaired) electrons. The highest BCUT2D eigenvalue weighted by Crippen LogP contribution is 2.27. The highest BCUT2D eigenvalue weighted by Gasteiger charge is 2.08. The van der Waals surface area contributed by atoms with Crippen molar-refractivity contribution in [1.29, 1.82) is 0 Å². The van der Waals surface area contributed by atoms with Crippen LogP contribution in [0.25, 0.3) is 0 Å². The van der Waals surface area contributed by atoms with Gasteiger partial charge in [0.15, 0.2) is 0 Å². The van der Waals surface area contributed by atoms with E-state index in [0.717, 1.165) is 0 Å². The van der Waals surface area contributed by atoms with Crippen LogP contribution in [0.1, 0.15) is 0 Å². The second kappa shape index (κ2) is 8.22. The van der Waals surface area contributed by atoms with Crippen molar-refractivity contribution in [1.82, 2.24) is 5.32 Å². The Bertz CT molecular complexity index is 428. The average molecular weight is 308 g/mol. The zero-order chi connectivity index (χ0) is 14.3. The van der Waals surface area contributed by atoms with Gasteiger partial charge in [-0.3, -0.25) is 4.79 Å². The van der Waals surface area contributed by atoms with Crippen molar-refractivity contribution in [3.05, 3.63) is 28.2 Å². The third-order valence-corrected chi connectivity index (χ3v) is 2.73. The molecule has 1 aromatic rings. The zero-order valence-corrected chi connectivity index (χ0v) is 11.9. The lowest BCUT2D eigenvalue weighted by atomic mass is 10.3. The number of benzene rings is 1. The lowest BCUT2D eigenvalue weighted by Crippen LogP contribution is -2.34. The van der Waals surface area contributed by atoms with E-state index in [2.05, 4.69) is 10.1 Å². The molecular formula is C12H15Cl2NO4. The van der Waals surface area contributed by atoms with E-state index in [9.17, 15) is 9.90 Å². The molecule has 0 fully saturated rings. The largest absolute Gasteiger partial charge is 0.489 e. The first kappa shape index (κ1) is 16.0. The lowest BCUT2D eigenvalue weighted by molar-refractivity contribution is -0.139. The Morgan fingerprint density at radius 3 is 2.84 bits per heavy atom. The van der Waals surface area contributed by atoms with Crippen LogP contribution in [0, 0.1) is 0 Å². The summed E-state index contributed by atoms with van der Waals surface area (Å²) >= 11 is 11.7. The van der Waals surface area contributed by atoms with Crippen LogP contribution >= 0.6 is 23.2 Å². The zero-order valence-electron chi connectivity index (χ0n) is 10.4. The van der Waals surface area contributed by atoms with Crippen LogP contribution in [-0.2, 0) is 9.53 Å². The fourth-order valence-electron chi connectivity index (χ4n) is 1.25. The van der Waals surface area contributed by atoms with Gasteiger partial charge in [-0.1, -0.05) is 23.2 Å². The first-order chi connectivity index (χ1) is 9.02. The van der Waals surface area contributed by atoms with Gasteiger partial charge in [0, 0.05) is 11.6 Å². The van der Waals surface area contributed by atoms with Crippen LogP contribution in [0.15, 0.2) is 18.2 Å². The maximum absolute atomic E-state index is 10.8. The molecule has 0 heterocycles. The van der Waals surface area contributed by atoms with Crippen molar-refractivity contribution in [2.75, 3.05) is 26.8 Å². The molecule has 0 spiro atoms.